The summed E-state index contributed by atoms with van der Waals surface area (Å²) in [4.78, 5) is 26.5. The zero-order valence-corrected chi connectivity index (χ0v) is 17.2. The normalized spacial score (nSPS) is 26.5. The van der Waals surface area contributed by atoms with E-state index in [2.05, 4.69) is 0 Å². The maximum absolute atomic E-state index is 13.2. The first-order chi connectivity index (χ1) is 12.0. The van der Waals surface area contributed by atoms with Crippen molar-refractivity contribution in [1.29, 1.82) is 0 Å². The Morgan fingerprint density at radius 2 is 1.65 bits per heavy atom. The highest BCUT2D eigenvalue weighted by atomic mass is 32.2. The maximum atomic E-state index is 13.2. The number of carbonyl (C=O) groups is 2. The molecule has 1 heterocycles. The fourth-order valence-electron chi connectivity index (χ4n) is 4.50. The van der Waals surface area contributed by atoms with Gasteiger partial charge in [0.05, 0.1) is 10.7 Å². The van der Waals surface area contributed by atoms with E-state index >= 15 is 0 Å². The topological polar surface area (TPSA) is 91.8 Å². The minimum absolute atomic E-state index is 0.0994. The molecule has 1 aliphatic heterocycles. The number of carboxylic acids is 1. The Balaban J connectivity index is 2.26. The van der Waals surface area contributed by atoms with Crippen molar-refractivity contribution < 1.29 is 23.1 Å². The minimum Gasteiger partial charge on any atom is -0.481 e. The summed E-state index contributed by atoms with van der Waals surface area (Å²) in [6, 6.07) is 0. The summed E-state index contributed by atoms with van der Waals surface area (Å²) >= 11 is 0. The third kappa shape index (κ3) is 3.78. The molecule has 2 atom stereocenters. The fraction of sp³-hybridized carbons (Fsp3) is 0.895. The van der Waals surface area contributed by atoms with Crippen LogP contribution < -0.4 is 0 Å². The van der Waals surface area contributed by atoms with Crippen LogP contribution in [0.15, 0.2) is 0 Å². The largest absolute Gasteiger partial charge is 0.481 e. The molecule has 1 aliphatic carbocycles. The molecular weight excluding hydrogens is 354 g/mol. The number of aliphatic carboxylic acids is 1. The Hall–Kier alpha value is -1.11. The van der Waals surface area contributed by atoms with Gasteiger partial charge >= 0.3 is 5.97 Å². The van der Waals surface area contributed by atoms with Crippen molar-refractivity contribution in [3.05, 3.63) is 0 Å². The highest BCUT2D eigenvalue weighted by Crippen LogP contribution is 2.39. The molecule has 0 aromatic carbocycles. The molecular formula is C19H33NO5S. The number of sulfone groups is 1. The van der Waals surface area contributed by atoms with Gasteiger partial charge in [-0.25, -0.2) is 8.42 Å². The second kappa shape index (κ2) is 7.87. The molecule has 1 saturated heterocycles. The molecule has 150 valence electrons. The molecule has 26 heavy (non-hydrogen) atoms. The maximum Gasteiger partial charge on any atom is 0.311 e. The van der Waals surface area contributed by atoms with Gasteiger partial charge in [0.15, 0.2) is 9.84 Å². The lowest BCUT2D eigenvalue weighted by Crippen LogP contribution is -2.49. The van der Waals surface area contributed by atoms with Crippen LogP contribution in [-0.4, -0.2) is 53.9 Å². The molecule has 0 aromatic heterocycles. The Kier molecular flexibility index (Phi) is 6.41. The molecule has 2 fully saturated rings. The van der Waals surface area contributed by atoms with Gasteiger partial charge in [0, 0.05) is 13.1 Å². The third-order valence-corrected chi connectivity index (χ3v) is 9.22. The lowest BCUT2D eigenvalue weighted by atomic mass is 9.76. The number of amides is 1. The first-order valence-electron chi connectivity index (χ1n) is 9.79. The van der Waals surface area contributed by atoms with Crippen LogP contribution in [0.2, 0.25) is 0 Å². The quantitative estimate of drug-likeness (QED) is 0.756. The molecule has 2 aliphatic rings. The van der Waals surface area contributed by atoms with Crippen molar-refractivity contribution >= 4 is 21.7 Å². The van der Waals surface area contributed by atoms with Crippen molar-refractivity contribution in [3.63, 3.8) is 0 Å². The number of carbonyl (C=O) groups excluding carboxylic acids is 1. The van der Waals surface area contributed by atoms with Crippen molar-refractivity contribution in [1.82, 2.24) is 4.90 Å². The Morgan fingerprint density at radius 3 is 2.08 bits per heavy atom. The summed E-state index contributed by atoms with van der Waals surface area (Å²) < 4.78 is 26.4. The highest BCUT2D eigenvalue weighted by molar-refractivity contribution is 7.93. The number of likely N-dealkylation sites (tertiary alicyclic amines) is 1. The molecule has 0 spiro atoms. The van der Waals surface area contributed by atoms with Crippen LogP contribution in [0.1, 0.15) is 66.2 Å². The van der Waals surface area contributed by atoms with Crippen LogP contribution in [-0.2, 0) is 19.4 Å². The van der Waals surface area contributed by atoms with E-state index in [0.717, 1.165) is 19.3 Å². The Labute approximate surface area is 157 Å². The van der Waals surface area contributed by atoms with E-state index in [1.165, 1.54) is 4.90 Å². The monoisotopic (exact) mass is 387 g/mol. The van der Waals surface area contributed by atoms with Gasteiger partial charge in [-0.1, -0.05) is 47.0 Å². The second-order valence-corrected chi connectivity index (χ2v) is 11.0. The van der Waals surface area contributed by atoms with Crippen molar-refractivity contribution in [3.8, 4) is 0 Å². The van der Waals surface area contributed by atoms with Crippen LogP contribution in [0.3, 0.4) is 0 Å². The molecule has 2 unspecified atom stereocenters. The van der Waals surface area contributed by atoms with Gasteiger partial charge in [-0.15, -0.1) is 0 Å². The zero-order chi connectivity index (χ0) is 19.7. The molecule has 1 amide bonds. The van der Waals surface area contributed by atoms with E-state index in [1.54, 1.807) is 13.8 Å². The summed E-state index contributed by atoms with van der Waals surface area (Å²) in [6.45, 7) is 7.65. The number of carboxylic acid groups (broad SMARTS) is 1. The summed E-state index contributed by atoms with van der Waals surface area (Å²) in [5, 5.41) is 8.18. The number of hydrogen-bond acceptors (Lipinski definition) is 4. The zero-order valence-electron chi connectivity index (χ0n) is 16.4. The number of rotatable bonds is 6. The van der Waals surface area contributed by atoms with E-state index in [0.29, 0.717) is 25.8 Å². The Morgan fingerprint density at radius 1 is 1.08 bits per heavy atom. The average molecular weight is 388 g/mol. The van der Waals surface area contributed by atoms with Crippen molar-refractivity contribution in [2.75, 3.05) is 13.1 Å². The highest BCUT2D eigenvalue weighted by Gasteiger charge is 2.51. The van der Waals surface area contributed by atoms with Crippen LogP contribution >= 0.6 is 0 Å². The van der Waals surface area contributed by atoms with E-state index < -0.39 is 37.6 Å². The van der Waals surface area contributed by atoms with Gasteiger partial charge < -0.3 is 10.0 Å². The van der Waals surface area contributed by atoms with Crippen LogP contribution in [0.5, 0.6) is 0 Å². The summed E-state index contributed by atoms with van der Waals surface area (Å²) in [6.07, 6.45) is 4.46. The van der Waals surface area contributed by atoms with E-state index in [1.807, 2.05) is 13.8 Å². The number of hydrogen-bond donors (Lipinski definition) is 1. The predicted octanol–water partition coefficient (Wildman–Crippen LogP) is 2.72. The second-order valence-electron chi connectivity index (χ2n) is 8.64. The first-order valence-corrected chi connectivity index (χ1v) is 11.4. The summed E-state index contributed by atoms with van der Waals surface area (Å²) in [5.74, 6) is -1.76. The van der Waals surface area contributed by atoms with E-state index in [-0.39, 0.29) is 18.4 Å². The first kappa shape index (κ1) is 21.2. The minimum atomic E-state index is -3.58. The fourth-order valence-corrected chi connectivity index (χ4v) is 7.09. The smallest absolute Gasteiger partial charge is 0.311 e. The molecule has 0 aromatic rings. The van der Waals surface area contributed by atoms with Gasteiger partial charge in [0.25, 0.3) is 0 Å². The van der Waals surface area contributed by atoms with Gasteiger partial charge in [0.1, 0.15) is 5.25 Å². The number of nitrogens with zero attached hydrogens (tertiary/aromatic N) is 1. The van der Waals surface area contributed by atoms with Crippen molar-refractivity contribution in [2.24, 2.45) is 17.3 Å². The van der Waals surface area contributed by atoms with E-state index in [4.69, 9.17) is 0 Å². The molecule has 0 bridgehead atoms. The van der Waals surface area contributed by atoms with Gasteiger partial charge in [-0.3, -0.25) is 9.59 Å². The molecule has 1 saturated carbocycles. The van der Waals surface area contributed by atoms with Gasteiger partial charge in [-0.2, -0.15) is 0 Å². The summed E-state index contributed by atoms with van der Waals surface area (Å²) in [7, 11) is -3.58. The van der Waals surface area contributed by atoms with Crippen LogP contribution in [0.25, 0.3) is 0 Å². The van der Waals surface area contributed by atoms with Crippen molar-refractivity contribution in [2.45, 2.75) is 76.7 Å². The van der Waals surface area contributed by atoms with Crippen LogP contribution in [0.4, 0.5) is 0 Å². The van der Waals surface area contributed by atoms with E-state index in [9.17, 15) is 23.1 Å². The van der Waals surface area contributed by atoms with Crippen LogP contribution in [0, 0.1) is 17.3 Å². The molecule has 2 rings (SSSR count). The average Bonchev–Trinajstić information content (AvgIpc) is 3.02. The standard InChI is InChI=1S/C19H33NO5S/c1-13(2)16(26(24,25)15-8-6-5-7-9-15)17(21)20-11-10-19(12-20,14(3)4)18(22)23/h13-16H,5-12H2,1-4H3,(H,22,23). The molecule has 6 nitrogen and oxygen atoms in total. The predicted molar refractivity (Wildman–Crippen MR) is 101 cm³/mol. The Bertz CT molecular complexity index is 636. The SMILES string of the molecule is CC(C)C(C(=O)N1CCC(C(=O)O)(C(C)C)C1)S(=O)(=O)C1CCCCC1. The van der Waals surface area contributed by atoms with Gasteiger partial charge in [0.2, 0.25) is 5.91 Å². The molecule has 7 heteroatoms. The van der Waals surface area contributed by atoms with Gasteiger partial charge in [-0.05, 0) is 31.1 Å². The lowest BCUT2D eigenvalue weighted by molar-refractivity contribution is -0.151. The summed E-state index contributed by atoms with van der Waals surface area (Å²) in [5.41, 5.74) is -0.980. The third-order valence-electron chi connectivity index (χ3n) is 6.36. The molecule has 0 radical (unpaired) electrons. The molecule has 1 N–H and O–H groups in total. The lowest BCUT2D eigenvalue weighted by Gasteiger charge is -2.32.